The van der Waals surface area contributed by atoms with Crippen LogP contribution in [0.5, 0.6) is 0 Å². The molecule has 1 atom stereocenters. The van der Waals surface area contributed by atoms with Crippen LogP contribution in [0.25, 0.3) is 0 Å². The number of hydrogen-bond donors (Lipinski definition) is 1. The zero-order valence-corrected chi connectivity index (χ0v) is 16.5. The summed E-state index contributed by atoms with van der Waals surface area (Å²) in [4.78, 5) is 30.7. The Morgan fingerprint density at radius 2 is 1.71 bits per heavy atom. The van der Waals surface area contributed by atoms with Crippen molar-refractivity contribution in [2.75, 3.05) is 19.4 Å². The van der Waals surface area contributed by atoms with Gasteiger partial charge in [0.25, 0.3) is 5.91 Å². The highest BCUT2D eigenvalue weighted by molar-refractivity contribution is 7.13. The van der Waals surface area contributed by atoms with E-state index in [0.29, 0.717) is 17.2 Å². The Morgan fingerprint density at radius 1 is 1.07 bits per heavy atom. The minimum atomic E-state index is -1.01. The summed E-state index contributed by atoms with van der Waals surface area (Å²) in [7, 11) is 3.25. The van der Waals surface area contributed by atoms with Gasteiger partial charge in [-0.25, -0.2) is 9.78 Å². The molecule has 0 aliphatic carbocycles. The quantitative estimate of drug-likeness (QED) is 0.617. The molecule has 28 heavy (non-hydrogen) atoms. The van der Waals surface area contributed by atoms with E-state index in [-0.39, 0.29) is 11.6 Å². The number of thiazole rings is 1. The van der Waals surface area contributed by atoms with Crippen LogP contribution in [-0.4, -0.2) is 35.9 Å². The van der Waals surface area contributed by atoms with Gasteiger partial charge >= 0.3 is 5.97 Å². The van der Waals surface area contributed by atoms with Crippen LogP contribution >= 0.6 is 11.3 Å². The number of nitrogens with one attached hydrogen (secondary N) is 1. The van der Waals surface area contributed by atoms with Crippen molar-refractivity contribution in [1.29, 1.82) is 0 Å². The predicted octanol–water partition coefficient (Wildman–Crippen LogP) is 3.74. The Bertz CT molecular complexity index is 926. The van der Waals surface area contributed by atoms with Gasteiger partial charge in [0.05, 0.1) is 0 Å². The molecule has 0 saturated carbocycles. The van der Waals surface area contributed by atoms with Gasteiger partial charge < -0.3 is 15.0 Å². The van der Waals surface area contributed by atoms with Gasteiger partial charge in [-0.2, -0.15) is 0 Å². The summed E-state index contributed by atoms with van der Waals surface area (Å²) in [5.41, 5.74) is 1.91. The Balaban J connectivity index is 1.68. The van der Waals surface area contributed by atoms with Gasteiger partial charge in [-0.05, 0) is 5.56 Å². The first kappa shape index (κ1) is 19.6. The monoisotopic (exact) mass is 395 g/mol. The molecule has 0 fully saturated rings. The van der Waals surface area contributed by atoms with Crippen molar-refractivity contribution in [3.63, 3.8) is 0 Å². The lowest BCUT2D eigenvalue weighted by atomic mass is 10.1. The molecule has 1 amide bonds. The summed E-state index contributed by atoms with van der Waals surface area (Å²) in [6.07, 6.45) is -1.01. The second kappa shape index (κ2) is 9.14. The second-order valence-corrected chi connectivity index (χ2v) is 7.16. The van der Waals surface area contributed by atoms with E-state index in [2.05, 4.69) is 10.3 Å². The van der Waals surface area contributed by atoms with Gasteiger partial charge in [0.15, 0.2) is 10.8 Å². The number of hydrogen-bond acceptors (Lipinski definition) is 6. The summed E-state index contributed by atoms with van der Waals surface area (Å²) < 4.78 is 5.51. The van der Waals surface area contributed by atoms with Gasteiger partial charge in [0, 0.05) is 31.6 Å². The second-order valence-electron chi connectivity index (χ2n) is 6.31. The predicted molar refractivity (Wildman–Crippen MR) is 109 cm³/mol. The molecule has 0 aliphatic rings. The SMILES string of the molecule is CN(C)C(=O)C(OC(=O)c1csc(NCc2ccccc2)n1)c1ccccc1. The molecule has 0 aliphatic heterocycles. The number of benzene rings is 2. The molecule has 144 valence electrons. The molecule has 0 radical (unpaired) electrons. The Labute approximate surface area is 167 Å². The summed E-state index contributed by atoms with van der Waals surface area (Å²) in [6.45, 7) is 0.606. The van der Waals surface area contributed by atoms with Crippen LogP contribution in [0, 0.1) is 0 Å². The highest BCUT2D eigenvalue weighted by Gasteiger charge is 2.27. The minimum Gasteiger partial charge on any atom is -0.443 e. The molecule has 7 heteroatoms. The van der Waals surface area contributed by atoms with Crippen molar-refractivity contribution < 1.29 is 14.3 Å². The van der Waals surface area contributed by atoms with Crippen molar-refractivity contribution in [2.45, 2.75) is 12.6 Å². The summed E-state index contributed by atoms with van der Waals surface area (Å²) in [5, 5.41) is 5.43. The minimum absolute atomic E-state index is 0.174. The molecule has 0 spiro atoms. The van der Waals surface area contributed by atoms with Crippen LogP contribution in [-0.2, 0) is 16.1 Å². The number of aromatic nitrogens is 1. The lowest BCUT2D eigenvalue weighted by Crippen LogP contribution is -2.31. The Hall–Kier alpha value is -3.19. The summed E-state index contributed by atoms with van der Waals surface area (Å²) >= 11 is 1.32. The fourth-order valence-electron chi connectivity index (χ4n) is 2.51. The van der Waals surface area contributed by atoms with E-state index in [9.17, 15) is 9.59 Å². The molecule has 3 rings (SSSR count). The molecular formula is C21H21N3O3S. The first-order chi connectivity index (χ1) is 13.5. The van der Waals surface area contributed by atoms with Crippen LogP contribution in [0.3, 0.4) is 0 Å². The standard InChI is InChI=1S/C21H21N3O3S/c1-24(2)19(25)18(16-11-7-4-8-12-16)27-20(26)17-14-28-21(23-17)22-13-15-9-5-3-6-10-15/h3-12,14,18H,13H2,1-2H3,(H,22,23). The van der Waals surface area contributed by atoms with Gasteiger partial charge in [-0.1, -0.05) is 60.7 Å². The number of anilines is 1. The van der Waals surface area contributed by atoms with Crippen LogP contribution in [0.4, 0.5) is 5.13 Å². The summed E-state index contributed by atoms with van der Waals surface area (Å²) in [5.74, 6) is -0.940. The fraction of sp³-hybridized carbons (Fsp3) is 0.190. The van der Waals surface area contributed by atoms with Crippen molar-refractivity contribution in [1.82, 2.24) is 9.88 Å². The third kappa shape index (κ3) is 4.95. The van der Waals surface area contributed by atoms with Crippen LogP contribution in [0.2, 0.25) is 0 Å². The average molecular weight is 395 g/mol. The number of carbonyl (C=O) groups excluding carboxylic acids is 2. The lowest BCUT2D eigenvalue weighted by molar-refractivity contribution is -0.138. The number of amides is 1. The first-order valence-corrected chi connectivity index (χ1v) is 9.63. The molecule has 3 aromatic rings. The zero-order chi connectivity index (χ0) is 19.9. The molecule has 1 unspecified atom stereocenters. The van der Waals surface area contributed by atoms with Crippen molar-refractivity contribution in [2.24, 2.45) is 0 Å². The largest absolute Gasteiger partial charge is 0.443 e. The van der Waals surface area contributed by atoms with Crippen molar-refractivity contribution >= 4 is 28.3 Å². The highest BCUT2D eigenvalue weighted by atomic mass is 32.1. The molecule has 1 aromatic heterocycles. The third-order valence-electron chi connectivity index (χ3n) is 3.99. The van der Waals surface area contributed by atoms with Crippen LogP contribution in [0.1, 0.15) is 27.7 Å². The normalized spacial score (nSPS) is 11.5. The van der Waals surface area contributed by atoms with E-state index < -0.39 is 12.1 Å². The zero-order valence-electron chi connectivity index (χ0n) is 15.7. The van der Waals surface area contributed by atoms with Gasteiger partial charge in [-0.15, -0.1) is 11.3 Å². The summed E-state index contributed by atoms with van der Waals surface area (Å²) in [6, 6.07) is 18.9. The number of ether oxygens (including phenoxy) is 1. The molecule has 0 saturated heterocycles. The highest BCUT2D eigenvalue weighted by Crippen LogP contribution is 2.23. The Kier molecular flexibility index (Phi) is 6.39. The first-order valence-electron chi connectivity index (χ1n) is 8.75. The van der Waals surface area contributed by atoms with Crippen LogP contribution in [0.15, 0.2) is 66.0 Å². The maximum Gasteiger partial charge on any atom is 0.359 e. The smallest absolute Gasteiger partial charge is 0.359 e. The van der Waals surface area contributed by atoms with E-state index in [1.807, 2.05) is 36.4 Å². The number of esters is 1. The molecular weight excluding hydrogens is 374 g/mol. The molecule has 6 nitrogen and oxygen atoms in total. The molecule has 1 N–H and O–H groups in total. The van der Waals surface area contributed by atoms with Crippen molar-refractivity contribution in [3.8, 4) is 0 Å². The maximum atomic E-state index is 12.6. The van der Waals surface area contributed by atoms with E-state index in [0.717, 1.165) is 5.56 Å². The molecule has 0 bridgehead atoms. The lowest BCUT2D eigenvalue weighted by Gasteiger charge is -2.20. The average Bonchev–Trinajstić information content (AvgIpc) is 3.20. The number of likely N-dealkylation sites (N-methyl/N-ethyl adjacent to an activating group) is 1. The van der Waals surface area contributed by atoms with E-state index >= 15 is 0 Å². The topological polar surface area (TPSA) is 71.5 Å². The third-order valence-corrected chi connectivity index (χ3v) is 4.79. The maximum absolute atomic E-state index is 12.6. The van der Waals surface area contributed by atoms with E-state index in [1.54, 1.807) is 43.7 Å². The number of nitrogens with zero attached hydrogens (tertiary/aromatic N) is 2. The molecule has 1 heterocycles. The van der Waals surface area contributed by atoms with Crippen molar-refractivity contribution in [3.05, 3.63) is 82.9 Å². The van der Waals surface area contributed by atoms with E-state index in [4.69, 9.17) is 4.74 Å². The van der Waals surface area contributed by atoms with E-state index in [1.165, 1.54) is 16.2 Å². The number of rotatable bonds is 7. The number of carbonyl (C=O) groups is 2. The van der Waals surface area contributed by atoms with Crippen LogP contribution < -0.4 is 5.32 Å². The molecule has 2 aromatic carbocycles. The fourth-order valence-corrected chi connectivity index (χ4v) is 3.19. The Morgan fingerprint density at radius 3 is 2.36 bits per heavy atom. The van der Waals surface area contributed by atoms with Gasteiger partial charge in [-0.3, -0.25) is 4.79 Å². The van der Waals surface area contributed by atoms with Gasteiger partial charge in [0.2, 0.25) is 6.10 Å². The van der Waals surface area contributed by atoms with Gasteiger partial charge in [0.1, 0.15) is 0 Å².